The van der Waals surface area contributed by atoms with Crippen LogP contribution in [0.25, 0.3) is 38.7 Å². The first-order valence-corrected chi connectivity index (χ1v) is 11.4. The number of fused-ring (bicyclic) bond motifs is 5. The van der Waals surface area contributed by atoms with Gasteiger partial charge in [0.2, 0.25) is 0 Å². The van der Waals surface area contributed by atoms with E-state index in [9.17, 15) is 0 Å². The Morgan fingerprint density at radius 1 is 0.818 bits per heavy atom. The van der Waals surface area contributed by atoms with Gasteiger partial charge in [-0.25, -0.2) is 4.98 Å². The molecule has 0 fully saturated rings. The second-order valence-corrected chi connectivity index (χ2v) is 8.42. The lowest BCUT2D eigenvalue weighted by Gasteiger charge is -2.08. The summed E-state index contributed by atoms with van der Waals surface area (Å²) in [6.45, 7) is 0.948. The van der Waals surface area contributed by atoms with Gasteiger partial charge in [0.1, 0.15) is 5.75 Å². The molecule has 0 bridgehead atoms. The minimum Gasteiger partial charge on any atom is -0.497 e. The van der Waals surface area contributed by atoms with Crippen molar-refractivity contribution in [1.82, 2.24) is 14.0 Å². The summed E-state index contributed by atoms with van der Waals surface area (Å²) in [7, 11) is 1.69. The molecule has 0 aliphatic carbocycles. The number of aromatic nitrogens is 3. The molecule has 0 spiro atoms. The van der Waals surface area contributed by atoms with Crippen LogP contribution in [0.15, 0.2) is 97.3 Å². The smallest absolute Gasteiger partial charge is 0.162 e. The van der Waals surface area contributed by atoms with Gasteiger partial charge in [0, 0.05) is 40.8 Å². The van der Waals surface area contributed by atoms with E-state index in [2.05, 4.69) is 94.2 Å². The fourth-order valence-corrected chi connectivity index (χ4v) is 4.80. The van der Waals surface area contributed by atoms with E-state index < -0.39 is 0 Å². The maximum absolute atomic E-state index is 5.31. The standard InChI is InChI=1S/C29H25N3O/c1-33-23-15-13-22(14-16-23)26-20-31-19-17-25-24-11-5-6-12-27(24)32(28(25)29(31)30-26)18-7-10-21-8-3-2-4-9-21/h2-6,8-9,11-17,19-20H,7,10,18H2,1H3. The van der Waals surface area contributed by atoms with Gasteiger partial charge in [-0.1, -0.05) is 48.5 Å². The van der Waals surface area contributed by atoms with Gasteiger partial charge in [-0.3, -0.25) is 0 Å². The SMILES string of the molecule is COc1ccc(-c2cn3ccc4c5ccccc5n(CCCc5ccccc5)c4c3n2)cc1. The molecule has 0 aliphatic rings. The van der Waals surface area contributed by atoms with Crippen LogP contribution in [0.2, 0.25) is 0 Å². The third-order valence-electron chi connectivity index (χ3n) is 6.43. The molecular formula is C29H25N3O. The summed E-state index contributed by atoms with van der Waals surface area (Å²) in [6.07, 6.45) is 6.37. The van der Waals surface area contributed by atoms with Crippen LogP contribution in [-0.2, 0) is 13.0 Å². The Kier molecular flexibility index (Phi) is 4.84. The van der Waals surface area contributed by atoms with E-state index in [0.717, 1.165) is 42.0 Å². The van der Waals surface area contributed by atoms with E-state index in [1.165, 1.54) is 27.4 Å². The van der Waals surface area contributed by atoms with E-state index in [1.54, 1.807) is 7.11 Å². The van der Waals surface area contributed by atoms with Crippen LogP contribution in [0.5, 0.6) is 5.75 Å². The summed E-state index contributed by atoms with van der Waals surface area (Å²) >= 11 is 0. The van der Waals surface area contributed by atoms with Crippen molar-refractivity contribution in [3.63, 3.8) is 0 Å². The van der Waals surface area contributed by atoms with Gasteiger partial charge < -0.3 is 13.7 Å². The molecular weight excluding hydrogens is 406 g/mol. The number of hydrogen-bond acceptors (Lipinski definition) is 2. The predicted octanol–water partition coefficient (Wildman–Crippen LogP) is 6.75. The highest BCUT2D eigenvalue weighted by molar-refractivity contribution is 6.12. The van der Waals surface area contributed by atoms with Gasteiger partial charge in [-0.2, -0.15) is 0 Å². The van der Waals surface area contributed by atoms with Crippen molar-refractivity contribution < 1.29 is 4.74 Å². The molecule has 6 aromatic rings. The Balaban J connectivity index is 1.47. The highest BCUT2D eigenvalue weighted by Crippen LogP contribution is 2.33. The summed E-state index contributed by atoms with van der Waals surface area (Å²) in [5, 5.41) is 2.54. The van der Waals surface area contributed by atoms with Crippen LogP contribution < -0.4 is 4.74 Å². The number of hydrogen-bond donors (Lipinski definition) is 0. The maximum Gasteiger partial charge on any atom is 0.162 e. The van der Waals surface area contributed by atoms with Crippen molar-refractivity contribution in [1.29, 1.82) is 0 Å². The van der Waals surface area contributed by atoms with Crippen molar-refractivity contribution in [3.05, 3.63) is 103 Å². The number of pyridine rings is 1. The molecule has 0 atom stereocenters. The summed E-state index contributed by atoms with van der Waals surface area (Å²) in [5.41, 5.74) is 6.89. The highest BCUT2D eigenvalue weighted by Gasteiger charge is 2.16. The fourth-order valence-electron chi connectivity index (χ4n) is 4.80. The zero-order chi connectivity index (χ0) is 22.2. The average Bonchev–Trinajstić information content (AvgIpc) is 3.44. The number of aryl methyl sites for hydroxylation is 2. The second-order valence-electron chi connectivity index (χ2n) is 8.42. The molecule has 0 unspecified atom stereocenters. The molecule has 4 nitrogen and oxygen atoms in total. The van der Waals surface area contributed by atoms with Crippen LogP contribution in [0.1, 0.15) is 12.0 Å². The van der Waals surface area contributed by atoms with Gasteiger partial charge >= 0.3 is 0 Å². The number of methoxy groups -OCH3 is 1. The van der Waals surface area contributed by atoms with E-state index in [1.807, 2.05) is 12.1 Å². The summed E-state index contributed by atoms with van der Waals surface area (Å²) in [5.74, 6) is 0.850. The minimum absolute atomic E-state index is 0.850. The first kappa shape index (κ1) is 19.6. The molecule has 0 saturated heterocycles. The number of benzene rings is 3. The molecule has 6 rings (SSSR count). The minimum atomic E-state index is 0.850. The molecule has 0 aliphatic heterocycles. The van der Waals surface area contributed by atoms with Crippen molar-refractivity contribution in [3.8, 4) is 17.0 Å². The summed E-state index contributed by atoms with van der Waals surface area (Å²) in [4.78, 5) is 5.09. The van der Waals surface area contributed by atoms with E-state index in [4.69, 9.17) is 9.72 Å². The van der Waals surface area contributed by atoms with Gasteiger partial charge in [0.25, 0.3) is 0 Å². The van der Waals surface area contributed by atoms with Crippen LogP contribution in [0, 0.1) is 0 Å². The number of nitrogens with zero attached hydrogens (tertiary/aromatic N) is 3. The first-order valence-electron chi connectivity index (χ1n) is 11.4. The molecule has 33 heavy (non-hydrogen) atoms. The van der Waals surface area contributed by atoms with Gasteiger partial charge in [0.05, 0.1) is 18.3 Å². The topological polar surface area (TPSA) is 31.5 Å². The van der Waals surface area contributed by atoms with Gasteiger partial charge in [0.15, 0.2) is 5.65 Å². The highest BCUT2D eigenvalue weighted by atomic mass is 16.5. The maximum atomic E-state index is 5.31. The molecule has 3 aromatic carbocycles. The molecule has 0 amide bonds. The van der Waals surface area contributed by atoms with Crippen molar-refractivity contribution in [2.24, 2.45) is 0 Å². The van der Waals surface area contributed by atoms with E-state index >= 15 is 0 Å². The third kappa shape index (κ3) is 3.44. The Morgan fingerprint density at radius 3 is 2.42 bits per heavy atom. The van der Waals surface area contributed by atoms with Gasteiger partial charge in [-0.05, 0) is 54.8 Å². The summed E-state index contributed by atoms with van der Waals surface area (Å²) < 4.78 is 9.91. The number of rotatable bonds is 6. The number of ether oxygens (including phenoxy) is 1. The zero-order valence-electron chi connectivity index (χ0n) is 18.6. The Bertz CT molecular complexity index is 1560. The molecule has 3 heterocycles. The van der Waals surface area contributed by atoms with Crippen molar-refractivity contribution in [2.45, 2.75) is 19.4 Å². The van der Waals surface area contributed by atoms with Crippen molar-refractivity contribution in [2.75, 3.05) is 7.11 Å². The summed E-state index contributed by atoms with van der Waals surface area (Å²) in [6, 6.07) is 29.7. The molecule has 4 heteroatoms. The van der Waals surface area contributed by atoms with E-state index in [-0.39, 0.29) is 0 Å². The quantitative estimate of drug-likeness (QED) is 0.292. The fraction of sp³-hybridized carbons (Fsp3) is 0.138. The normalized spacial score (nSPS) is 11.5. The predicted molar refractivity (Wildman–Crippen MR) is 135 cm³/mol. The average molecular weight is 432 g/mol. The van der Waals surface area contributed by atoms with Gasteiger partial charge in [-0.15, -0.1) is 0 Å². The van der Waals surface area contributed by atoms with Crippen molar-refractivity contribution >= 4 is 27.5 Å². The largest absolute Gasteiger partial charge is 0.497 e. The Morgan fingerprint density at radius 2 is 1.61 bits per heavy atom. The lowest BCUT2D eigenvalue weighted by atomic mass is 10.1. The Hall–Kier alpha value is -4.05. The monoisotopic (exact) mass is 431 g/mol. The molecule has 0 saturated carbocycles. The molecule has 162 valence electrons. The molecule has 3 aromatic heterocycles. The number of imidazole rings is 1. The van der Waals surface area contributed by atoms with Crippen LogP contribution >= 0.6 is 0 Å². The molecule has 0 N–H and O–H groups in total. The van der Waals surface area contributed by atoms with Crippen LogP contribution in [0.3, 0.4) is 0 Å². The van der Waals surface area contributed by atoms with E-state index in [0.29, 0.717) is 0 Å². The lowest BCUT2D eigenvalue weighted by Crippen LogP contribution is -2.01. The molecule has 0 radical (unpaired) electrons. The lowest BCUT2D eigenvalue weighted by molar-refractivity contribution is 0.415. The third-order valence-corrected chi connectivity index (χ3v) is 6.43. The van der Waals surface area contributed by atoms with Crippen LogP contribution in [-0.4, -0.2) is 21.1 Å². The van der Waals surface area contributed by atoms with Crippen LogP contribution in [0.4, 0.5) is 0 Å². The number of para-hydroxylation sites is 1. The zero-order valence-corrected chi connectivity index (χ0v) is 18.6. The first-order chi connectivity index (χ1) is 16.3. The second kappa shape index (κ2) is 8.14. The Labute approximate surface area is 192 Å².